The van der Waals surface area contributed by atoms with Gasteiger partial charge >= 0.3 is 6.18 Å². The summed E-state index contributed by atoms with van der Waals surface area (Å²) < 4.78 is 51.2. The number of aliphatic hydroxyl groups excluding tert-OH is 1. The molecule has 0 saturated carbocycles. The van der Waals surface area contributed by atoms with E-state index < -0.39 is 18.8 Å². The van der Waals surface area contributed by atoms with Gasteiger partial charge in [0.2, 0.25) is 0 Å². The number of alkyl halides is 3. The zero-order chi connectivity index (χ0) is 23.1. The van der Waals surface area contributed by atoms with E-state index in [2.05, 4.69) is 0 Å². The number of hydrogen-bond donors (Lipinski definition) is 1. The highest BCUT2D eigenvalue weighted by atomic mass is 19.4. The molecule has 3 aromatic rings. The molecule has 0 radical (unpaired) electrons. The fraction of sp³-hybridized carbons (Fsp3) is 0.280. The molecule has 0 spiro atoms. The lowest BCUT2D eigenvalue weighted by atomic mass is 10.1. The van der Waals surface area contributed by atoms with Gasteiger partial charge in [0.05, 0.1) is 18.3 Å². The predicted molar refractivity (Wildman–Crippen MR) is 118 cm³/mol. The van der Waals surface area contributed by atoms with Crippen molar-refractivity contribution in [1.82, 2.24) is 0 Å². The van der Waals surface area contributed by atoms with Crippen LogP contribution in [-0.4, -0.2) is 30.0 Å². The fourth-order valence-corrected chi connectivity index (χ4v) is 3.19. The van der Waals surface area contributed by atoms with Crippen LogP contribution >= 0.6 is 0 Å². The Morgan fingerprint density at radius 2 is 1.53 bits per heavy atom. The number of ether oxygens (including phenoxy) is 2. The van der Waals surface area contributed by atoms with Crippen LogP contribution in [0, 0.1) is 0 Å². The molecular formula is C25H26F3NO3. The molecule has 32 heavy (non-hydrogen) atoms. The van der Waals surface area contributed by atoms with Crippen LogP contribution in [0.15, 0.2) is 78.9 Å². The molecule has 3 rings (SSSR count). The molecule has 0 amide bonds. The van der Waals surface area contributed by atoms with Crippen LogP contribution in [0.1, 0.15) is 19.4 Å². The number of aliphatic hydroxyl groups is 1. The van der Waals surface area contributed by atoms with Crippen LogP contribution in [0.25, 0.3) is 0 Å². The van der Waals surface area contributed by atoms with Gasteiger partial charge in [-0.2, -0.15) is 13.2 Å². The number of rotatable bonds is 9. The SMILES string of the molecule is CC(C)Oc1cccc(CN(CC(O)C(F)(F)F)c2ccccc2Oc2ccccc2)c1. The molecule has 0 aliphatic carbocycles. The topological polar surface area (TPSA) is 41.9 Å². The van der Waals surface area contributed by atoms with Gasteiger partial charge in [0.25, 0.3) is 0 Å². The van der Waals surface area contributed by atoms with Crippen molar-refractivity contribution in [3.8, 4) is 17.2 Å². The maximum absolute atomic E-state index is 13.2. The number of benzene rings is 3. The zero-order valence-electron chi connectivity index (χ0n) is 17.9. The minimum Gasteiger partial charge on any atom is -0.491 e. The summed E-state index contributed by atoms with van der Waals surface area (Å²) in [5.41, 5.74) is 1.18. The lowest BCUT2D eigenvalue weighted by molar-refractivity contribution is -0.200. The predicted octanol–water partition coefficient (Wildman–Crippen LogP) is 6.20. The first kappa shape index (κ1) is 23.5. The van der Waals surface area contributed by atoms with Gasteiger partial charge < -0.3 is 19.5 Å². The smallest absolute Gasteiger partial charge is 0.416 e. The molecule has 0 aliphatic heterocycles. The second-order valence-corrected chi connectivity index (χ2v) is 7.63. The zero-order valence-corrected chi connectivity index (χ0v) is 17.9. The first-order valence-corrected chi connectivity index (χ1v) is 10.3. The first-order valence-electron chi connectivity index (χ1n) is 10.3. The van der Waals surface area contributed by atoms with Crippen molar-refractivity contribution in [2.45, 2.75) is 38.8 Å². The Balaban J connectivity index is 1.93. The van der Waals surface area contributed by atoms with Crippen LogP contribution in [0.2, 0.25) is 0 Å². The average Bonchev–Trinajstić information content (AvgIpc) is 2.73. The van der Waals surface area contributed by atoms with Crippen molar-refractivity contribution in [3.63, 3.8) is 0 Å². The molecule has 1 atom stereocenters. The molecule has 7 heteroatoms. The molecule has 0 saturated heterocycles. The highest BCUT2D eigenvalue weighted by molar-refractivity contribution is 5.60. The summed E-state index contributed by atoms with van der Waals surface area (Å²) in [4.78, 5) is 1.46. The largest absolute Gasteiger partial charge is 0.491 e. The van der Waals surface area contributed by atoms with E-state index >= 15 is 0 Å². The average molecular weight is 445 g/mol. The van der Waals surface area contributed by atoms with Crippen LogP contribution in [0.5, 0.6) is 17.2 Å². The Bertz CT molecular complexity index is 993. The third kappa shape index (κ3) is 6.65. The third-order valence-corrected chi connectivity index (χ3v) is 4.59. The Morgan fingerprint density at radius 1 is 0.875 bits per heavy atom. The van der Waals surface area contributed by atoms with Gasteiger partial charge in [0, 0.05) is 6.54 Å². The summed E-state index contributed by atoms with van der Waals surface area (Å²) in [5.74, 6) is 1.58. The number of halogens is 3. The van der Waals surface area contributed by atoms with Gasteiger partial charge in [-0.05, 0) is 55.8 Å². The van der Waals surface area contributed by atoms with Gasteiger partial charge in [0.15, 0.2) is 11.9 Å². The fourth-order valence-electron chi connectivity index (χ4n) is 3.19. The highest BCUT2D eigenvalue weighted by Crippen LogP contribution is 2.34. The van der Waals surface area contributed by atoms with Crippen molar-refractivity contribution < 1.29 is 27.8 Å². The summed E-state index contributed by atoms with van der Waals surface area (Å²) in [7, 11) is 0. The lowest BCUT2D eigenvalue weighted by Gasteiger charge is -2.30. The van der Waals surface area contributed by atoms with Crippen LogP contribution in [-0.2, 0) is 6.54 Å². The summed E-state index contributed by atoms with van der Waals surface area (Å²) >= 11 is 0. The number of anilines is 1. The van der Waals surface area contributed by atoms with Crippen molar-refractivity contribution >= 4 is 5.69 Å². The Morgan fingerprint density at radius 3 is 2.22 bits per heavy atom. The summed E-state index contributed by atoms with van der Waals surface area (Å²) in [6, 6.07) is 23.0. The molecule has 0 fully saturated rings. The summed E-state index contributed by atoms with van der Waals surface area (Å²) in [5, 5.41) is 9.82. The lowest BCUT2D eigenvalue weighted by Crippen LogP contribution is -2.41. The first-order chi connectivity index (χ1) is 15.2. The summed E-state index contributed by atoms with van der Waals surface area (Å²) in [6.07, 6.45) is -7.29. The van der Waals surface area contributed by atoms with E-state index in [1.165, 1.54) is 4.90 Å². The number of nitrogens with zero attached hydrogens (tertiary/aromatic N) is 1. The minimum absolute atomic E-state index is 0.0339. The molecule has 0 bridgehead atoms. The highest BCUT2D eigenvalue weighted by Gasteiger charge is 2.39. The second kappa shape index (κ2) is 10.4. The maximum Gasteiger partial charge on any atom is 0.416 e. The normalized spacial score (nSPS) is 12.5. The van der Waals surface area contributed by atoms with Gasteiger partial charge in [-0.15, -0.1) is 0 Å². The third-order valence-electron chi connectivity index (χ3n) is 4.59. The van der Waals surface area contributed by atoms with Gasteiger partial charge in [0.1, 0.15) is 11.5 Å². The Kier molecular flexibility index (Phi) is 7.64. The van der Waals surface area contributed by atoms with Gasteiger partial charge in [-0.3, -0.25) is 0 Å². The van der Waals surface area contributed by atoms with Gasteiger partial charge in [-0.1, -0.05) is 42.5 Å². The van der Waals surface area contributed by atoms with Crippen molar-refractivity contribution in [3.05, 3.63) is 84.4 Å². The molecule has 0 aliphatic rings. The van der Waals surface area contributed by atoms with Crippen molar-refractivity contribution in [1.29, 1.82) is 0 Å². The number of para-hydroxylation sites is 3. The molecule has 0 heterocycles. The van der Waals surface area contributed by atoms with E-state index in [9.17, 15) is 18.3 Å². The molecule has 0 aromatic heterocycles. The Hall–Kier alpha value is -3.19. The monoisotopic (exact) mass is 445 g/mol. The van der Waals surface area contributed by atoms with Crippen molar-refractivity contribution in [2.75, 3.05) is 11.4 Å². The standard InChI is InChI=1S/C25H26F3NO3/c1-18(2)31-21-12-8-9-19(15-21)16-29(17-24(30)25(26,27)28)22-13-6-7-14-23(22)32-20-10-4-3-5-11-20/h3-15,18,24,30H,16-17H2,1-2H3. The Labute approximate surface area is 185 Å². The van der Waals surface area contributed by atoms with Crippen molar-refractivity contribution in [2.24, 2.45) is 0 Å². The minimum atomic E-state index is -4.74. The maximum atomic E-state index is 13.2. The number of hydrogen-bond acceptors (Lipinski definition) is 4. The molecule has 4 nitrogen and oxygen atoms in total. The van der Waals surface area contributed by atoms with Gasteiger partial charge in [-0.25, -0.2) is 0 Å². The van der Waals surface area contributed by atoms with E-state index in [1.807, 2.05) is 32.0 Å². The molecule has 3 aromatic carbocycles. The van der Waals surface area contributed by atoms with Crippen LogP contribution in [0.3, 0.4) is 0 Å². The summed E-state index contributed by atoms with van der Waals surface area (Å²) in [6.45, 7) is 3.27. The van der Waals surface area contributed by atoms with Crippen LogP contribution in [0.4, 0.5) is 18.9 Å². The van der Waals surface area contributed by atoms with E-state index in [4.69, 9.17) is 9.47 Å². The van der Waals surface area contributed by atoms with E-state index in [1.54, 1.807) is 60.7 Å². The second-order valence-electron chi connectivity index (χ2n) is 7.63. The molecule has 1 unspecified atom stereocenters. The quantitative estimate of drug-likeness (QED) is 0.426. The molecule has 1 N–H and O–H groups in total. The van der Waals surface area contributed by atoms with E-state index in [0.29, 0.717) is 22.9 Å². The van der Waals surface area contributed by atoms with Crippen LogP contribution < -0.4 is 14.4 Å². The van der Waals surface area contributed by atoms with E-state index in [0.717, 1.165) is 5.56 Å². The molecular weight excluding hydrogens is 419 g/mol. The van der Waals surface area contributed by atoms with E-state index in [-0.39, 0.29) is 12.6 Å². The molecule has 170 valence electrons.